The largest absolute Gasteiger partial charge is 0.497 e. The number of carbonyl (C=O) groups excluding carboxylic acids is 1. The van der Waals surface area contributed by atoms with Crippen molar-refractivity contribution in [2.45, 2.75) is 18.4 Å². The SMILES string of the molecule is COC[C@@H](C(=O)Nc1nnc(N[C@@H]2CCN(c3cccnn3)C2)s1)c1cccc(OC)c1. The molecule has 4 rings (SSSR count). The highest BCUT2D eigenvalue weighted by Gasteiger charge is 2.26. The molecule has 1 aliphatic rings. The van der Waals surface area contributed by atoms with Crippen LogP contribution in [0.15, 0.2) is 42.6 Å². The maximum atomic E-state index is 12.9. The van der Waals surface area contributed by atoms with E-state index >= 15 is 0 Å². The van der Waals surface area contributed by atoms with Crippen molar-refractivity contribution >= 4 is 33.3 Å². The molecule has 0 bridgehead atoms. The van der Waals surface area contributed by atoms with Gasteiger partial charge < -0.3 is 19.7 Å². The number of nitrogens with one attached hydrogen (secondary N) is 2. The van der Waals surface area contributed by atoms with E-state index in [9.17, 15) is 4.79 Å². The molecule has 11 heteroatoms. The fraction of sp³-hybridized carbons (Fsp3) is 0.381. The molecule has 1 amide bonds. The number of rotatable bonds is 9. The number of methoxy groups -OCH3 is 2. The molecule has 1 fully saturated rings. The fourth-order valence-corrected chi connectivity index (χ4v) is 4.32. The number of hydrogen-bond donors (Lipinski definition) is 2. The molecule has 2 aromatic heterocycles. The number of benzene rings is 1. The lowest BCUT2D eigenvalue weighted by atomic mass is 9.99. The second-order valence-electron chi connectivity index (χ2n) is 7.34. The van der Waals surface area contributed by atoms with Crippen LogP contribution in [0.2, 0.25) is 0 Å². The lowest BCUT2D eigenvalue weighted by molar-refractivity contribution is -0.118. The van der Waals surface area contributed by atoms with E-state index in [1.807, 2.05) is 36.4 Å². The summed E-state index contributed by atoms with van der Waals surface area (Å²) in [5.74, 6) is 0.845. The van der Waals surface area contributed by atoms with Crippen molar-refractivity contribution in [3.8, 4) is 5.75 Å². The molecule has 1 aliphatic heterocycles. The van der Waals surface area contributed by atoms with Crippen LogP contribution in [0.3, 0.4) is 0 Å². The molecule has 3 aromatic rings. The Morgan fingerprint density at radius 1 is 1.22 bits per heavy atom. The molecule has 10 nitrogen and oxygen atoms in total. The number of hydrogen-bond acceptors (Lipinski definition) is 10. The first kappa shape index (κ1) is 21.9. The van der Waals surface area contributed by atoms with E-state index in [1.54, 1.807) is 20.4 Å². The summed E-state index contributed by atoms with van der Waals surface area (Å²) in [7, 11) is 3.16. The molecule has 2 N–H and O–H groups in total. The Bertz CT molecular complexity index is 1030. The van der Waals surface area contributed by atoms with Crippen molar-refractivity contribution in [1.29, 1.82) is 0 Å². The first-order valence-corrected chi connectivity index (χ1v) is 11.0. The molecular formula is C21H25N7O3S. The van der Waals surface area contributed by atoms with Crippen LogP contribution in [0.5, 0.6) is 5.75 Å². The molecule has 0 radical (unpaired) electrons. The maximum Gasteiger partial charge on any atom is 0.236 e. The van der Waals surface area contributed by atoms with E-state index in [0.29, 0.717) is 16.0 Å². The van der Waals surface area contributed by atoms with Crippen LogP contribution in [-0.2, 0) is 9.53 Å². The highest BCUT2D eigenvalue weighted by Crippen LogP contribution is 2.27. The van der Waals surface area contributed by atoms with E-state index in [4.69, 9.17) is 9.47 Å². The molecule has 0 aliphatic carbocycles. The summed E-state index contributed by atoms with van der Waals surface area (Å²) in [6.07, 6.45) is 2.61. The monoisotopic (exact) mass is 455 g/mol. The van der Waals surface area contributed by atoms with Crippen LogP contribution >= 0.6 is 11.3 Å². The maximum absolute atomic E-state index is 12.9. The minimum atomic E-state index is -0.495. The Balaban J connectivity index is 1.36. The third-order valence-corrected chi connectivity index (χ3v) is 5.97. The predicted molar refractivity (Wildman–Crippen MR) is 122 cm³/mol. The third-order valence-electron chi connectivity index (χ3n) is 5.20. The van der Waals surface area contributed by atoms with Crippen LogP contribution in [0, 0.1) is 0 Å². The van der Waals surface area contributed by atoms with Crippen LogP contribution in [0.4, 0.5) is 16.1 Å². The van der Waals surface area contributed by atoms with Crippen molar-refractivity contribution in [3.05, 3.63) is 48.2 Å². The van der Waals surface area contributed by atoms with Crippen molar-refractivity contribution in [3.63, 3.8) is 0 Å². The third kappa shape index (κ3) is 5.29. The van der Waals surface area contributed by atoms with Gasteiger partial charge in [0.15, 0.2) is 5.82 Å². The highest BCUT2D eigenvalue weighted by atomic mass is 32.1. The van der Waals surface area contributed by atoms with Gasteiger partial charge in [-0.25, -0.2) is 0 Å². The second-order valence-corrected chi connectivity index (χ2v) is 8.32. The van der Waals surface area contributed by atoms with Gasteiger partial charge >= 0.3 is 0 Å². The Kier molecular flexibility index (Phi) is 7.07. The molecule has 32 heavy (non-hydrogen) atoms. The molecule has 0 spiro atoms. The van der Waals surface area contributed by atoms with Crippen LogP contribution in [0.25, 0.3) is 0 Å². The highest BCUT2D eigenvalue weighted by molar-refractivity contribution is 7.19. The van der Waals surface area contributed by atoms with E-state index < -0.39 is 5.92 Å². The lowest BCUT2D eigenvalue weighted by Gasteiger charge is -2.16. The summed E-state index contributed by atoms with van der Waals surface area (Å²) in [6, 6.07) is 11.4. The van der Waals surface area contributed by atoms with E-state index in [-0.39, 0.29) is 18.6 Å². The molecule has 168 valence electrons. The minimum Gasteiger partial charge on any atom is -0.497 e. The lowest BCUT2D eigenvalue weighted by Crippen LogP contribution is -2.26. The molecular weight excluding hydrogens is 430 g/mol. The first-order valence-electron chi connectivity index (χ1n) is 10.2. The molecule has 2 atom stereocenters. The fourth-order valence-electron chi connectivity index (χ4n) is 3.60. The number of anilines is 3. The summed E-state index contributed by atoms with van der Waals surface area (Å²) in [5.41, 5.74) is 0.807. The quantitative estimate of drug-likeness (QED) is 0.502. The van der Waals surface area contributed by atoms with Gasteiger partial charge in [-0.3, -0.25) is 10.1 Å². The molecule has 1 saturated heterocycles. The molecule has 0 saturated carbocycles. The second kappa shape index (κ2) is 10.3. The van der Waals surface area contributed by atoms with E-state index in [0.717, 1.165) is 30.9 Å². The van der Waals surface area contributed by atoms with Crippen molar-refractivity contribution in [1.82, 2.24) is 20.4 Å². The Morgan fingerprint density at radius 3 is 2.88 bits per heavy atom. The predicted octanol–water partition coefficient (Wildman–Crippen LogP) is 2.40. The smallest absolute Gasteiger partial charge is 0.236 e. The average molecular weight is 456 g/mol. The summed E-state index contributed by atoms with van der Waals surface area (Å²) in [4.78, 5) is 15.1. The summed E-state index contributed by atoms with van der Waals surface area (Å²) in [6.45, 7) is 1.92. The number of aromatic nitrogens is 4. The van der Waals surface area contributed by atoms with Gasteiger partial charge in [0.1, 0.15) is 5.75 Å². The van der Waals surface area contributed by atoms with Gasteiger partial charge in [0.2, 0.25) is 16.2 Å². The van der Waals surface area contributed by atoms with Crippen molar-refractivity contribution in [2.75, 3.05) is 49.4 Å². The summed E-state index contributed by atoms with van der Waals surface area (Å²) < 4.78 is 10.5. The van der Waals surface area contributed by atoms with Gasteiger partial charge in [-0.2, -0.15) is 5.10 Å². The van der Waals surface area contributed by atoms with Crippen molar-refractivity contribution < 1.29 is 14.3 Å². The Morgan fingerprint density at radius 2 is 2.09 bits per heavy atom. The normalized spacial score (nSPS) is 16.6. The summed E-state index contributed by atoms with van der Waals surface area (Å²) in [5, 5.41) is 23.8. The molecule has 3 heterocycles. The Labute approximate surface area is 190 Å². The minimum absolute atomic E-state index is 0.211. The van der Waals surface area contributed by atoms with Gasteiger partial charge in [0, 0.05) is 32.4 Å². The van der Waals surface area contributed by atoms with Gasteiger partial charge in [-0.1, -0.05) is 23.5 Å². The Hall–Kier alpha value is -3.31. The van der Waals surface area contributed by atoms with Gasteiger partial charge in [0.05, 0.1) is 19.6 Å². The number of ether oxygens (including phenoxy) is 2. The first-order chi connectivity index (χ1) is 15.7. The van der Waals surface area contributed by atoms with Crippen molar-refractivity contribution in [2.24, 2.45) is 0 Å². The average Bonchev–Trinajstić information content (AvgIpc) is 3.48. The van der Waals surface area contributed by atoms with Crippen LogP contribution < -0.4 is 20.3 Å². The summed E-state index contributed by atoms with van der Waals surface area (Å²) >= 11 is 1.31. The van der Waals surface area contributed by atoms with Gasteiger partial charge in [0.25, 0.3) is 0 Å². The molecule has 0 unspecified atom stereocenters. The van der Waals surface area contributed by atoms with Crippen LogP contribution in [0.1, 0.15) is 17.9 Å². The van der Waals surface area contributed by atoms with E-state index in [1.165, 1.54) is 11.3 Å². The van der Waals surface area contributed by atoms with Crippen LogP contribution in [-0.4, -0.2) is 66.3 Å². The topological polar surface area (TPSA) is 114 Å². The van der Waals surface area contributed by atoms with Gasteiger partial charge in [-0.05, 0) is 36.2 Å². The number of carbonyl (C=O) groups is 1. The number of amides is 1. The zero-order chi connectivity index (χ0) is 22.3. The number of nitrogens with zero attached hydrogens (tertiary/aromatic N) is 5. The van der Waals surface area contributed by atoms with E-state index in [2.05, 4.69) is 35.9 Å². The molecule has 1 aromatic carbocycles. The zero-order valence-electron chi connectivity index (χ0n) is 17.9. The van der Waals surface area contributed by atoms with Gasteiger partial charge in [-0.15, -0.1) is 15.3 Å². The zero-order valence-corrected chi connectivity index (χ0v) is 18.7. The standard InChI is InChI=1S/C21H25N7O3S/c1-30-13-17(14-5-3-6-16(11-14)31-2)19(29)24-21-27-26-20(32-21)23-15-8-10-28(12-15)18-7-4-9-22-25-18/h3-7,9,11,15,17H,8,10,12-13H2,1-2H3,(H,23,26)(H,24,27,29)/t15-,17-/m1/s1.